The van der Waals surface area contributed by atoms with Gasteiger partial charge in [0.15, 0.2) is 0 Å². The van der Waals surface area contributed by atoms with Gasteiger partial charge in [0.05, 0.1) is 7.11 Å². The van der Waals surface area contributed by atoms with E-state index in [9.17, 15) is 0 Å². The standard InChI is InChI=1S/C14H22N2O2/c1-16-6-4-3-5-12(16)10-18-14-8-11(15)7-13(9-14)17-2/h7-9,12H,3-6,10,15H2,1-2H3. The van der Waals surface area contributed by atoms with Crippen molar-refractivity contribution in [3.63, 3.8) is 0 Å². The number of rotatable bonds is 4. The Morgan fingerprint density at radius 3 is 2.78 bits per heavy atom. The second kappa shape index (κ2) is 5.96. The third-order valence-electron chi connectivity index (χ3n) is 3.50. The number of nitrogens with zero attached hydrogens (tertiary/aromatic N) is 1. The molecule has 1 aromatic carbocycles. The van der Waals surface area contributed by atoms with Gasteiger partial charge in [0.25, 0.3) is 0 Å². The first kappa shape index (κ1) is 13.0. The molecule has 4 heteroatoms. The Labute approximate surface area is 109 Å². The maximum Gasteiger partial charge on any atom is 0.125 e. The average molecular weight is 250 g/mol. The van der Waals surface area contributed by atoms with Gasteiger partial charge in [-0.15, -0.1) is 0 Å². The Hall–Kier alpha value is -1.42. The van der Waals surface area contributed by atoms with Crippen LogP contribution in [0.25, 0.3) is 0 Å². The Kier molecular flexibility index (Phi) is 4.31. The van der Waals surface area contributed by atoms with Crippen LogP contribution in [-0.4, -0.2) is 38.3 Å². The van der Waals surface area contributed by atoms with Crippen molar-refractivity contribution in [2.45, 2.75) is 25.3 Å². The molecule has 0 radical (unpaired) electrons. The Balaban J connectivity index is 1.94. The number of likely N-dealkylation sites (tertiary alicyclic amines) is 1. The number of anilines is 1. The van der Waals surface area contributed by atoms with Gasteiger partial charge >= 0.3 is 0 Å². The maximum atomic E-state index is 5.84. The summed E-state index contributed by atoms with van der Waals surface area (Å²) < 4.78 is 11.0. The minimum atomic E-state index is 0.506. The van der Waals surface area contributed by atoms with Crippen LogP contribution in [0.2, 0.25) is 0 Å². The van der Waals surface area contributed by atoms with Crippen molar-refractivity contribution in [3.8, 4) is 11.5 Å². The zero-order valence-corrected chi connectivity index (χ0v) is 11.2. The van der Waals surface area contributed by atoms with E-state index < -0.39 is 0 Å². The lowest BCUT2D eigenvalue weighted by Gasteiger charge is -2.32. The van der Waals surface area contributed by atoms with Crippen LogP contribution in [0.4, 0.5) is 5.69 Å². The van der Waals surface area contributed by atoms with Crippen molar-refractivity contribution in [2.24, 2.45) is 0 Å². The summed E-state index contributed by atoms with van der Waals surface area (Å²) in [5.74, 6) is 1.52. The molecule has 0 spiro atoms. The Morgan fingerprint density at radius 2 is 2.06 bits per heavy atom. The Morgan fingerprint density at radius 1 is 1.28 bits per heavy atom. The van der Waals surface area contributed by atoms with Gasteiger partial charge < -0.3 is 20.1 Å². The van der Waals surface area contributed by atoms with Crippen molar-refractivity contribution < 1.29 is 9.47 Å². The molecular formula is C14H22N2O2. The van der Waals surface area contributed by atoms with Crippen molar-refractivity contribution in [1.82, 2.24) is 4.90 Å². The summed E-state index contributed by atoms with van der Waals surface area (Å²) in [7, 11) is 3.79. The van der Waals surface area contributed by atoms with E-state index in [1.54, 1.807) is 13.2 Å². The molecule has 2 rings (SSSR count). The molecule has 1 heterocycles. The van der Waals surface area contributed by atoms with E-state index in [4.69, 9.17) is 15.2 Å². The summed E-state index contributed by atoms with van der Waals surface area (Å²) in [6.07, 6.45) is 3.79. The number of nitrogens with two attached hydrogens (primary N) is 1. The molecule has 0 amide bonds. The normalized spacial score (nSPS) is 20.7. The zero-order chi connectivity index (χ0) is 13.0. The summed E-state index contributed by atoms with van der Waals surface area (Å²) in [4.78, 5) is 2.37. The molecule has 1 aliphatic heterocycles. The predicted octanol–water partition coefficient (Wildman–Crippen LogP) is 2.14. The number of methoxy groups -OCH3 is 1. The number of hydrogen-bond donors (Lipinski definition) is 1. The number of nitrogen functional groups attached to an aromatic ring is 1. The topological polar surface area (TPSA) is 47.7 Å². The van der Waals surface area contributed by atoms with Crippen LogP contribution in [0.5, 0.6) is 11.5 Å². The van der Waals surface area contributed by atoms with E-state index >= 15 is 0 Å². The number of hydrogen-bond acceptors (Lipinski definition) is 4. The molecule has 1 saturated heterocycles. The lowest BCUT2D eigenvalue weighted by atomic mass is 10.0. The fourth-order valence-electron chi connectivity index (χ4n) is 2.34. The smallest absolute Gasteiger partial charge is 0.125 e. The summed E-state index contributed by atoms with van der Waals surface area (Å²) in [5, 5.41) is 0. The van der Waals surface area contributed by atoms with E-state index in [1.807, 2.05) is 12.1 Å². The first-order chi connectivity index (χ1) is 8.69. The van der Waals surface area contributed by atoms with Crippen molar-refractivity contribution in [3.05, 3.63) is 18.2 Å². The maximum absolute atomic E-state index is 5.84. The third-order valence-corrected chi connectivity index (χ3v) is 3.50. The summed E-state index contributed by atoms with van der Waals surface area (Å²) >= 11 is 0. The average Bonchev–Trinajstić information content (AvgIpc) is 2.37. The molecule has 1 atom stereocenters. The molecule has 1 aliphatic rings. The molecule has 0 aromatic heterocycles. The second-order valence-corrected chi connectivity index (χ2v) is 4.88. The second-order valence-electron chi connectivity index (χ2n) is 4.88. The molecule has 4 nitrogen and oxygen atoms in total. The van der Waals surface area contributed by atoms with Crippen molar-refractivity contribution in [2.75, 3.05) is 33.0 Å². The summed E-state index contributed by atoms with van der Waals surface area (Å²) in [6, 6.07) is 6.01. The monoisotopic (exact) mass is 250 g/mol. The predicted molar refractivity (Wildman–Crippen MR) is 73.2 cm³/mol. The SMILES string of the molecule is COc1cc(N)cc(OCC2CCCCN2C)c1. The van der Waals surface area contributed by atoms with Crippen molar-refractivity contribution >= 4 is 5.69 Å². The fourth-order valence-corrected chi connectivity index (χ4v) is 2.34. The Bertz CT molecular complexity index is 395. The first-order valence-electron chi connectivity index (χ1n) is 6.46. The van der Waals surface area contributed by atoms with Gasteiger partial charge in [-0.1, -0.05) is 6.42 Å². The minimum absolute atomic E-state index is 0.506. The van der Waals surface area contributed by atoms with Gasteiger partial charge in [0.1, 0.15) is 18.1 Å². The van der Waals surface area contributed by atoms with Crippen molar-refractivity contribution in [1.29, 1.82) is 0 Å². The van der Waals surface area contributed by atoms with Gasteiger partial charge in [0, 0.05) is 29.9 Å². The lowest BCUT2D eigenvalue weighted by molar-refractivity contribution is 0.125. The van der Waals surface area contributed by atoms with Gasteiger partial charge in [0.2, 0.25) is 0 Å². The van der Waals surface area contributed by atoms with Crippen LogP contribution in [0.3, 0.4) is 0 Å². The van der Waals surface area contributed by atoms with E-state index in [0.717, 1.165) is 18.0 Å². The van der Waals surface area contributed by atoms with Gasteiger partial charge in [-0.25, -0.2) is 0 Å². The highest BCUT2D eigenvalue weighted by atomic mass is 16.5. The van der Waals surface area contributed by atoms with Gasteiger partial charge in [-0.2, -0.15) is 0 Å². The summed E-state index contributed by atoms with van der Waals surface area (Å²) in [5.41, 5.74) is 6.47. The molecule has 100 valence electrons. The molecule has 1 aromatic rings. The van der Waals surface area contributed by atoms with Crippen LogP contribution >= 0.6 is 0 Å². The molecule has 1 unspecified atom stereocenters. The highest BCUT2D eigenvalue weighted by Crippen LogP contribution is 2.25. The highest BCUT2D eigenvalue weighted by Gasteiger charge is 2.19. The van der Waals surface area contributed by atoms with E-state index in [2.05, 4.69) is 11.9 Å². The van der Waals surface area contributed by atoms with E-state index in [1.165, 1.54) is 19.3 Å². The molecule has 1 fully saturated rings. The number of likely N-dealkylation sites (N-methyl/N-ethyl adjacent to an activating group) is 1. The van der Waals surface area contributed by atoms with Crippen LogP contribution in [0, 0.1) is 0 Å². The molecule has 0 aliphatic carbocycles. The summed E-state index contributed by atoms with van der Waals surface area (Å²) in [6.45, 7) is 1.87. The van der Waals surface area contributed by atoms with E-state index in [-0.39, 0.29) is 0 Å². The van der Waals surface area contributed by atoms with Crippen LogP contribution in [0.15, 0.2) is 18.2 Å². The van der Waals surface area contributed by atoms with E-state index in [0.29, 0.717) is 18.3 Å². The molecule has 2 N–H and O–H groups in total. The fraction of sp³-hybridized carbons (Fsp3) is 0.571. The van der Waals surface area contributed by atoms with Crippen LogP contribution in [-0.2, 0) is 0 Å². The number of ether oxygens (including phenoxy) is 2. The number of benzene rings is 1. The lowest BCUT2D eigenvalue weighted by Crippen LogP contribution is -2.40. The molecule has 18 heavy (non-hydrogen) atoms. The molecular weight excluding hydrogens is 228 g/mol. The highest BCUT2D eigenvalue weighted by molar-refractivity contribution is 5.50. The van der Waals surface area contributed by atoms with Crippen LogP contribution < -0.4 is 15.2 Å². The zero-order valence-electron chi connectivity index (χ0n) is 11.2. The molecule has 0 bridgehead atoms. The number of piperidine rings is 1. The first-order valence-corrected chi connectivity index (χ1v) is 6.46. The minimum Gasteiger partial charge on any atom is -0.497 e. The van der Waals surface area contributed by atoms with Crippen LogP contribution in [0.1, 0.15) is 19.3 Å². The molecule has 0 saturated carbocycles. The third kappa shape index (κ3) is 3.29. The quantitative estimate of drug-likeness (QED) is 0.832. The largest absolute Gasteiger partial charge is 0.497 e. The van der Waals surface area contributed by atoms with Gasteiger partial charge in [-0.3, -0.25) is 0 Å². The van der Waals surface area contributed by atoms with Gasteiger partial charge in [-0.05, 0) is 26.4 Å².